The lowest BCUT2D eigenvalue weighted by molar-refractivity contribution is 0.976. The number of thiazole rings is 1. The predicted molar refractivity (Wildman–Crippen MR) is 49.1 cm³/mol. The first-order valence-electron chi connectivity index (χ1n) is 3.49. The van der Waals surface area contributed by atoms with Crippen LogP contribution < -0.4 is 10.1 Å². The van der Waals surface area contributed by atoms with Gasteiger partial charge >= 0.3 is 0 Å². The number of aromatic nitrogens is 1. The molecule has 0 saturated heterocycles. The molecule has 1 aromatic heterocycles. The lowest BCUT2D eigenvalue weighted by Crippen LogP contribution is -1.98. The van der Waals surface area contributed by atoms with Crippen molar-refractivity contribution < 1.29 is 0 Å². The Bertz CT molecular complexity index is 199. The summed E-state index contributed by atoms with van der Waals surface area (Å²) in [4.78, 5) is 4.16. The zero-order valence-electron chi connectivity index (χ0n) is 6.35. The first kappa shape index (κ1) is 7.60. The lowest BCUT2D eigenvalue weighted by Gasteiger charge is -1.95. The summed E-state index contributed by atoms with van der Waals surface area (Å²) in [5.41, 5.74) is 0. The van der Waals surface area contributed by atoms with Crippen LogP contribution in [-0.2, 0) is 0 Å². The second-order valence-corrected chi connectivity index (χ2v) is 3.44. The van der Waals surface area contributed by atoms with Crippen molar-refractivity contribution >= 4 is 29.1 Å². The van der Waals surface area contributed by atoms with E-state index in [2.05, 4.69) is 25.1 Å². The molecule has 4 heteroatoms. The predicted octanol–water partition coefficient (Wildman–Crippen LogP) is 0.223. The van der Waals surface area contributed by atoms with E-state index in [0.29, 0.717) is 0 Å². The van der Waals surface area contributed by atoms with Gasteiger partial charge in [0, 0.05) is 12.7 Å². The van der Waals surface area contributed by atoms with Crippen LogP contribution >= 0.6 is 11.3 Å². The van der Waals surface area contributed by atoms with E-state index < -0.39 is 0 Å². The first-order valence-corrected chi connectivity index (χ1v) is 4.31. The summed E-state index contributed by atoms with van der Waals surface area (Å²) >= 11 is 1.71. The van der Waals surface area contributed by atoms with E-state index in [1.54, 1.807) is 11.3 Å². The quantitative estimate of drug-likeness (QED) is 0.630. The van der Waals surface area contributed by atoms with Crippen molar-refractivity contribution in [2.45, 2.75) is 13.3 Å². The van der Waals surface area contributed by atoms with Gasteiger partial charge in [0.1, 0.15) is 0 Å². The normalized spacial score (nSPS) is 9.70. The number of hydrogen-bond acceptors (Lipinski definition) is 3. The van der Waals surface area contributed by atoms with Crippen LogP contribution in [0.3, 0.4) is 0 Å². The standard InChI is InChI=1S/C6H11BN2S/c1-2-3-8-6-9-4-5(7)10-6/h4H,2-3,7H2,1H3,(H,8,9). The molecule has 0 radical (unpaired) electrons. The molecule has 0 spiro atoms. The first-order chi connectivity index (χ1) is 4.83. The molecule has 1 rings (SSSR count). The van der Waals surface area contributed by atoms with Crippen LogP contribution in [0.4, 0.5) is 5.13 Å². The maximum Gasteiger partial charge on any atom is 0.182 e. The summed E-state index contributed by atoms with van der Waals surface area (Å²) < 4.78 is 1.26. The molecular weight excluding hydrogens is 143 g/mol. The van der Waals surface area contributed by atoms with Crippen LogP contribution in [0.2, 0.25) is 0 Å². The van der Waals surface area contributed by atoms with Crippen molar-refractivity contribution in [2.75, 3.05) is 11.9 Å². The fraction of sp³-hybridized carbons (Fsp3) is 0.500. The third kappa shape index (κ3) is 2.03. The van der Waals surface area contributed by atoms with Gasteiger partial charge in [-0.2, -0.15) is 0 Å². The number of nitrogens with one attached hydrogen (secondary N) is 1. The Balaban J connectivity index is 2.42. The molecule has 0 aromatic carbocycles. The molecule has 54 valence electrons. The average molecular weight is 154 g/mol. The van der Waals surface area contributed by atoms with Crippen LogP contribution in [0.25, 0.3) is 0 Å². The Morgan fingerprint density at radius 3 is 3.10 bits per heavy atom. The molecule has 0 aliphatic carbocycles. The van der Waals surface area contributed by atoms with E-state index >= 15 is 0 Å². The summed E-state index contributed by atoms with van der Waals surface area (Å²) in [5, 5.41) is 4.26. The summed E-state index contributed by atoms with van der Waals surface area (Å²) in [6, 6.07) is 0. The largest absolute Gasteiger partial charge is 0.362 e. The van der Waals surface area contributed by atoms with Gasteiger partial charge in [-0.25, -0.2) is 4.98 Å². The minimum atomic E-state index is 1.02. The molecule has 0 fully saturated rings. The molecule has 0 unspecified atom stereocenters. The highest BCUT2D eigenvalue weighted by atomic mass is 32.1. The van der Waals surface area contributed by atoms with E-state index in [-0.39, 0.29) is 0 Å². The zero-order valence-corrected chi connectivity index (χ0v) is 7.16. The van der Waals surface area contributed by atoms with Crippen molar-refractivity contribution in [2.24, 2.45) is 0 Å². The minimum Gasteiger partial charge on any atom is -0.362 e. The molecule has 10 heavy (non-hydrogen) atoms. The van der Waals surface area contributed by atoms with Gasteiger partial charge < -0.3 is 5.32 Å². The molecule has 0 saturated carbocycles. The summed E-state index contributed by atoms with van der Waals surface area (Å²) in [6.45, 7) is 3.17. The molecule has 0 atom stereocenters. The highest BCUT2D eigenvalue weighted by Crippen LogP contribution is 2.06. The van der Waals surface area contributed by atoms with Crippen LogP contribution in [0.5, 0.6) is 0 Å². The van der Waals surface area contributed by atoms with Gasteiger partial charge in [0.2, 0.25) is 0 Å². The Hall–Kier alpha value is -0.505. The number of anilines is 1. The lowest BCUT2D eigenvalue weighted by atomic mass is 10.1. The molecule has 1 N–H and O–H groups in total. The highest BCUT2D eigenvalue weighted by Gasteiger charge is 1.93. The summed E-state index contributed by atoms with van der Waals surface area (Å²) in [7, 11) is 2.06. The molecule has 0 aliphatic heterocycles. The van der Waals surface area contributed by atoms with Crippen molar-refractivity contribution in [1.29, 1.82) is 0 Å². The van der Waals surface area contributed by atoms with E-state index in [1.807, 2.05) is 6.20 Å². The molecular formula is C6H11BN2S. The molecule has 0 bridgehead atoms. The summed E-state index contributed by atoms with van der Waals surface area (Å²) in [6.07, 6.45) is 3.04. The molecule has 2 nitrogen and oxygen atoms in total. The zero-order chi connectivity index (χ0) is 7.40. The van der Waals surface area contributed by atoms with Gasteiger partial charge in [-0.1, -0.05) is 6.92 Å². The van der Waals surface area contributed by atoms with Gasteiger partial charge in [-0.05, 0) is 11.2 Å². The minimum absolute atomic E-state index is 1.02. The van der Waals surface area contributed by atoms with E-state index in [1.165, 1.54) is 4.78 Å². The molecule has 1 aromatic rings. The fourth-order valence-corrected chi connectivity index (χ4v) is 1.36. The molecule has 1 heterocycles. The maximum absolute atomic E-state index is 4.16. The van der Waals surface area contributed by atoms with Gasteiger partial charge in [-0.15, -0.1) is 11.3 Å². The van der Waals surface area contributed by atoms with Crippen molar-refractivity contribution in [3.8, 4) is 0 Å². The van der Waals surface area contributed by atoms with E-state index in [0.717, 1.165) is 18.1 Å². The van der Waals surface area contributed by atoms with Crippen LogP contribution in [0.1, 0.15) is 13.3 Å². The van der Waals surface area contributed by atoms with Crippen LogP contribution in [0, 0.1) is 0 Å². The van der Waals surface area contributed by atoms with E-state index in [4.69, 9.17) is 0 Å². The summed E-state index contributed by atoms with van der Waals surface area (Å²) in [5.74, 6) is 0. The smallest absolute Gasteiger partial charge is 0.182 e. The van der Waals surface area contributed by atoms with E-state index in [9.17, 15) is 0 Å². The Morgan fingerprint density at radius 2 is 2.60 bits per heavy atom. The average Bonchev–Trinajstić information content (AvgIpc) is 2.31. The van der Waals surface area contributed by atoms with Gasteiger partial charge in [-0.3, -0.25) is 0 Å². The van der Waals surface area contributed by atoms with Crippen molar-refractivity contribution in [3.05, 3.63) is 6.20 Å². The second kappa shape index (κ2) is 3.61. The number of nitrogens with zero attached hydrogens (tertiary/aromatic N) is 1. The van der Waals surface area contributed by atoms with Gasteiger partial charge in [0.05, 0.1) is 0 Å². The number of hydrogen-bond donors (Lipinski definition) is 1. The van der Waals surface area contributed by atoms with Gasteiger partial charge in [0.25, 0.3) is 0 Å². The fourth-order valence-electron chi connectivity index (χ4n) is 0.668. The Morgan fingerprint density at radius 1 is 1.80 bits per heavy atom. The highest BCUT2D eigenvalue weighted by molar-refractivity contribution is 7.23. The van der Waals surface area contributed by atoms with Crippen molar-refractivity contribution in [3.63, 3.8) is 0 Å². The van der Waals surface area contributed by atoms with Crippen LogP contribution in [0.15, 0.2) is 6.20 Å². The SMILES string of the molecule is Bc1cnc(NCCC)s1. The monoisotopic (exact) mass is 154 g/mol. The second-order valence-electron chi connectivity index (χ2n) is 2.20. The van der Waals surface area contributed by atoms with Gasteiger partial charge in [0.15, 0.2) is 13.0 Å². The topological polar surface area (TPSA) is 24.9 Å². The molecule has 0 amide bonds. The number of rotatable bonds is 3. The third-order valence-electron chi connectivity index (χ3n) is 1.15. The molecule has 0 aliphatic rings. The third-order valence-corrected chi connectivity index (χ3v) is 2.02. The Labute approximate surface area is 66.1 Å². The Kier molecular flexibility index (Phi) is 2.74. The van der Waals surface area contributed by atoms with Crippen molar-refractivity contribution in [1.82, 2.24) is 4.98 Å². The maximum atomic E-state index is 4.16. The van der Waals surface area contributed by atoms with Crippen LogP contribution in [-0.4, -0.2) is 19.4 Å².